The van der Waals surface area contributed by atoms with Gasteiger partial charge < -0.3 is 15.2 Å². The molecule has 1 unspecified atom stereocenters. The fraction of sp³-hybridized carbons (Fsp3) is 0.429. The highest BCUT2D eigenvalue weighted by Crippen LogP contribution is 2.36. The third kappa shape index (κ3) is 4.34. The van der Waals surface area contributed by atoms with Crippen molar-refractivity contribution in [2.75, 3.05) is 7.11 Å². The molecule has 1 amide bonds. The number of methoxy groups -OCH3 is 1. The van der Waals surface area contributed by atoms with Crippen molar-refractivity contribution in [3.05, 3.63) is 53.9 Å². The number of para-hydroxylation sites is 1. The molecule has 1 aromatic heterocycles. The maximum Gasteiger partial charge on any atom is 0.225 e. The van der Waals surface area contributed by atoms with Gasteiger partial charge in [-0.25, -0.2) is 0 Å². The van der Waals surface area contributed by atoms with Gasteiger partial charge in [-0.1, -0.05) is 18.2 Å². The van der Waals surface area contributed by atoms with Crippen LogP contribution in [0.2, 0.25) is 0 Å². The van der Waals surface area contributed by atoms with Crippen LogP contribution < -0.4 is 15.2 Å². The first-order valence-electron chi connectivity index (χ1n) is 9.21. The van der Waals surface area contributed by atoms with E-state index in [1.54, 1.807) is 19.5 Å². The molecule has 5 heteroatoms. The fourth-order valence-electron chi connectivity index (χ4n) is 3.58. The van der Waals surface area contributed by atoms with E-state index >= 15 is 0 Å². The molecular weight excluding hydrogens is 328 g/mol. The van der Waals surface area contributed by atoms with E-state index in [1.165, 1.54) is 12.8 Å². The quantitative estimate of drug-likeness (QED) is 0.786. The van der Waals surface area contributed by atoms with E-state index in [1.807, 2.05) is 30.3 Å². The number of nitrogens with two attached hydrogens (primary N) is 1. The lowest BCUT2D eigenvalue weighted by atomic mass is 9.92. The second-order valence-electron chi connectivity index (χ2n) is 6.75. The van der Waals surface area contributed by atoms with Crippen molar-refractivity contribution in [2.45, 2.75) is 50.5 Å². The second-order valence-corrected chi connectivity index (χ2v) is 6.75. The first kappa shape index (κ1) is 18.2. The molecule has 26 heavy (non-hydrogen) atoms. The topological polar surface area (TPSA) is 74.4 Å². The monoisotopic (exact) mass is 354 g/mol. The SMILES string of the molecule is COc1cccc(CCC(C(N)=O)c2cccnc2)c1OC1CCCC1. The molecule has 0 saturated heterocycles. The Balaban J connectivity index is 1.78. The lowest BCUT2D eigenvalue weighted by Crippen LogP contribution is -2.22. The molecule has 0 spiro atoms. The number of ether oxygens (including phenoxy) is 2. The van der Waals surface area contributed by atoms with Crippen molar-refractivity contribution in [3.63, 3.8) is 0 Å². The molecule has 5 nitrogen and oxygen atoms in total. The number of pyridine rings is 1. The standard InChI is InChI=1S/C21H26N2O3/c1-25-19-10-4-6-15(20(19)26-17-8-2-3-9-17)11-12-18(21(22)24)16-7-5-13-23-14-16/h4-7,10,13-14,17-18H,2-3,8-9,11-12H2,1H3,(H2,22,24). The van der Waals surface area contributed by atoms with Crippen LogP contribution in [0.3, 0.4) is 0 Å². The van der Waals surface area contributed by atoms with Gasteiger partial charge in [0.15, 0.2) is 11.5 Å². The molecule has 0 radical (unpaired) electrons. The number of amides is 1. The van der Waals surface area contributed by atoms with Crippen LogP contribution in [-0.4, -0.2) is 24.1 Å². The highest BCUT2D eigenvalue weighted by molar-refractivity contribution is 5.81. The molecule has 0 bridgehead atoms. The summed E-state index contributed by atoms with van der Waals surface area (Å²) in [4.78, 5) is 16.1. The van der Waals surface area contributed by atoms with Gasteiger partial charge >= 0.3 is 0 Å². The first-order valence-corrected chi connectivity index (χ1v) is 9.21. The van der Waals surface area contributed by atoms with Gasteiger partial charge in [0, 0.05) is 12.4 Å². The summed E-state index contributed by atoms with van der Waals surface area (Å²) in [7, 11) is 1.66. The van der Waals surface area contributed by atoms with E-state index in [0.717, 1.165) is 35.5 Å². The summed E-state index contributed by atoms with van der Waals surface area (Å²) in [6, 6.07) is 9.63. The van der Waals surface area contributed by atoms with Crippen LogP contribution in [-0.2, 0) is 11.2 Å². The Bertz CT molecular complexity index is 727. The minimum Gasteiger partial charge on any atom is -0.493 e. The number of carbonyl (C=O) groups is 1. The minimum absolute atomic E-state index is 0.246. The Kier molecular flexibility index (Phi) is 6.10. The lowest BCUT2D eigenvalue weighted by Gasteiger charge is -2.20. The predicted molar refractivity (Wildman–Crippen MR) is 100 cm³/mol. The molecule has 2 aromatic rings. The molecular formula is C21H26N2O3. The van der Waals surface area contributed by atoms with Crippen LogP contribution in [0.15, 0.2) is 42.7 Å². The fourth-order valence-corrected chi connectivity index (χ4v) is 3.58. The predicted octanol–water partition coefficient (Wildman–Crippen LogP) is 3.61. The van der Waals surface area contributed by atoms with Gasteiger partial charge in [-0.2, -0.15) is 0 Å². The minimum atomic E-state index is -0.366. The van der Waals surface area contributed by atoms with Crippen LogP contribution >= 0.6 is 0 Å². The highest BCUT2D eigenvalue weighted by atomic mass is 16.5. The Morgan fingerprint density at radius 1 is 1.27 bits per heavy atom. The van der Waals surface area contributed by atoms with Crippen LogP contribution in [0.4, 0.5) is 0 Å². The van der Waals surface area contributed by atoms with Gasteiger partial charge in [-0.15, -0.1) is 0 Å². The van der Waals surface area contributed by atoms with Crippen LogP contribution in [0.5, 0.6) is 11.5 Å². The molecule has 1 aliphatic carbocycles. The zero-order valence-electron chi connectivity index (χ0n) is 15.2. The van der Waals surface area contributed by atoms with E-state index in [9.17, 15) is 4.79 Å². The summed E-state index contributed by atoms with van der Waals surface area (Å²) in [6.07, 6.45) is 9.51. The summed E-state index contributed by atoms with van der Waals surface area (Å²) in [5.41, 5.74) is 7.53. The summed E-state index contributed by atoms with van der Waals surface area (Å²) in [6.45, 7) is 0. The zero-order chi connectivity index (χ0) is 18.4. The molecule has 1 aliphatic rings. The Morgan fingerprint density at radius 2 is 2.08 bits per heavy atom. The summed E-state index contributed by atoms with van der Waals surface area (Å²) in [5, 5.41) is 0. The number of hydrogen-bond donors (Lipinski definition) is 1. The van der Waals surface area contributed by atoms with Crippen molar-refractivity contribution in [2.24, 2.45) is 5.73 Å². The molecule has 2 N–H and O–H groups in total. The number of aryl methyl sites for hydroxylation is 1. The third-order valence-corrected chi connectivity index (χ3v) is 5.00. The summed E-state index contributed by atoms with van der Waals surface area (Å²) < 4.78 is 11.8. The van der Waals surface area contributed by atoms with Crippen LogP contribution in [0.25, 0.3) is 0 Å². The van der Waals surface area contributed by atoms with Gasteiger partial charge in [0.1, 0.15) is 0 Å². The Labute approximate surface area is 154 Å². The number of nitrogens with zero attached hydrogens (tertiary/aromatic N) is 1. The molecule has 1 atom stereocenters. The van der Waals surface area contributed by atoms with E-state index < -0.39 is 0 Å². The van der Waals surface area contributed by atoms with E-state index in [4.69, 9.17) is 15.2 Å². The zero-order valence-corrected chi connectivity index (χ0v) is 15.2. The highest BCUT2D eigenvalue weighted by Gasteiger charge is 2.22. The van der Waals surface area contributed by atoms with Gasteiger partial charge in [0.25, 0.3) is 0 Å². The maximum atomic E-state index is 11.9. The van der Waals surface area contributed by atoms with Crippen molar-refractivity contribution in [1.82, 2.24) is 4.98 Å². The average molecular weight is 354 g/mol. The Morgan fingerprint density at radius 3 is 2.73 bits per heavy atom. The number of benzene rings is 1. The number of rotatable bonds is 8. The number of aromatic nitrogens is 1. The van der Waals surface area contributed by atoms with Crippen molar-refractivity contribution >= 4 is 5.91 Å². The maximum absolute atomic E-state index is 11.9. The third-order valence-electron chi connectivity index (χ3n) is 5.00. The number of carbonyl (C=O) groups excluding carboxylic acids is 1. The second kappa shape index (κ2) is 8.70. The van der Waals surface area contributed by atoms with Crippen molar-refractivity contribution in [3.8, 4) is 11.5 Å². The summed E-state index contributed by atoms with van der Waals surface area (Å²) >= 11 is 0. The van der Waals surface area contributed by atoms with Crippen LogP contribution in [0, 0.1) is 0 Å². The number of hydrogen-bond acceptors (Lipinski definition) is 4. The molecule has 1 aromatic carbocycles. The normalized spacial score (nSPS) is 15.6. The first-order chi connectivity index (χ1) is 12.7. The summed E-state index contributed by atoms with van der Waals surface area (Å²) in [5.74, 6) is 0.844. The molecule has 1 saturated carbocycles. The number of primary amides is 1. The van der Waals surface area contributed by atoms with Crippen LogP contribution in [0.1, 0.15) is 49.1 Å². The average Bonchev–Trinajstić information content (AvgIpc) is 3.16. The largest absolute Gasteiger partial charge is 0.493 e. The van der Waals surface area contributed by atoms with Gasteiger partial charge in [-0.05, 0) is 61.8 Å². The Hall–Kier alpha value is -2.56. The molecule has 138 valence electrons. The molecule has 1 heterocycles. The smallest absolute Gasteiger partial charge is 0.225 e. The molecule has 1 fully saturated rings. The van der Waals surface area contributed by atoms with Crippen molar-refractivity contribution < 1.29 is 14.3 Å². The van der Waals surface area contributed by atoms with Gasteiger partial charge in [0.2, 0.25) is 5.91 Å². The lowest BCUT2D eigenvalue weighted by molar-refractivity contribution is -0.119. The van der Waals surface area contributed by atoms with Gasteiger partial charge in [0.05, 0.1) is 19.1 Å². The van der Waals surface area contributed by atoms with Crippen molar-refractivity contribution in [1.29, 1.82) is 0 Å². The van der Waals surface area contributed by atoms with E-state index in [2.05, 4.69) is 4.98 Å². The molecule has 0 aliphatic heterocycles. The molecule has 3 rings (SSSR count). The van der Waals surface area contributed by atoms with Gasteiger partial charge in [-0.3, -0.25) is 9.78 Å². The van der Waals surface area contributed by atoms with E-state index in [0.29, 0.717) is 12.8 Å². The van der Waals surface area contributed by atoms with E-state index in [-0.39, 0.29) is 17.9 Å².